The minimum absolute atomic E-state index is 0.113. The Morgan fingerprint density at radius 3 is 2.00 bits per heavy atom. The van der Waals surface area contributed by atoms with Crippen molar-refractivity contribution in [2.75, 3.05) is 19.0 Å². The second-order valence-corrected chi connectivity index (χ2v) is 14.1. The van der Waals surface area contributed by atoms with E-state index >= 15 is 0 Å². The number of rotatable bonds is 1. The zero-order chi connectivity index (χ0) is 25.7. The Labute approximate surface area is 226 Å². The summed E-state index contributed by atoms with van der Waals surface area (Å²) in [6.07, 6.45) is 1.82. The van der Waals surface area contributed by atoms with Crippen LogP contribution < -0.4 is 4.90 Å². The number of thiocarbonyl (C=S) groups is 1. The van der Waals surface area contributed by atoms with Crippen molar-refractivity contribution in [3.8, 4) is 0 Å². The van der Waals surface area contributed by atoms with E-state index in [1.165, 1.54) is 47.1 Å². The molecule has 2 amide bonds. The molecule has 7 heteroatoms. The first-order valence-corrected chi connectivity index (χ1v) is 14.7. The normalized spacial score (nSPS) is 19.2. The fourth-order valence-electron chi connectivity index (χ4n) is 5.81. The second-order valence-electron chi connectivity index (χ2n) is 10.7. The van der Waals surface area contributed by atoms with Crippen LogP contribution in [-0.2, 0) is 20.4 Å². The van der Waals surface area contributed by atoms with Crippen molar-refractivity contribution >= 4 is 70.7 Å². The summed E-state index contributed by atoms with van der Waals surface area (Å²) in [7, 11) is 3.25. The minimum atomic E-state index is -0.878. The zero-order valence-electron chi connectivity index (χ0n) is 21.2. The third kappa shape index (κ3) is 2.97. The summed E-state index contributed by atoms with van der Waals surface area (Å²) in [5.74, 6) is -0.674. The topological polar surface area (TPSA) is 43.9 Å². The molecule has 0 N–H and O–H groups in total. The summed E-state index contributed by atoms with van der Waals surface area (Å²) in [4.78, 5) is 31.2. The molecule has 3 aromatic rings. The van der Waals surface area contributed by atoms with Gasteiger partial charge in [0.25, 0.3) is 0 Å². The van der Waals surface area contributed by atoms with Crippen LogP contribution in [0, 0.1) is 0 Å². The summed E-state index contributed by atoms with van der Waals surface area (Å²) < 4.78 is 2.43. The first kappa shape index (κ1) is 23.7. The van der Waals surface area contributed by atoms with E-state index in [0.29, 0.717) is 0 Å². The van der Waals surface area contributed by atoms with E-state index in [0.717, 1.165) is 3.58 Å². The quantitative estimate of drug-likeness (QED) is 0.167. The molecule has 0 atom stereocenters. The number of carbonyl (C=O) groups is 2. The number of para-hydroxylation sites is 2. The fourth-order valence-corrected chi connectivity index (χ4v) is 9.64. The van der Waals surface area contributed by atoms with E-state index in [1.54, 1.807) is 14.1 Å². The van der Waals surface area contributed by atoms with Gasteiger partial charge in [0.1, 0.15) is 0 Å². The molecule has 0 spiro atoms. The Hall–Kier alpha value is -2.72. The number of hydrogen-bond acceptors (Lipinski definition) is 4. The standard InChI is InChI=1S/C29H27N3O2STe/c1-28(2)18-10-7-8-13-22(18)32-23-19(28)11-9-12-20(23)29(3,4)21-15-16(36-26(21)32)14-17-24(33)30(5)27(35)31(6)25(17)34/h7-15H,1-6H3. The maximum absolute atomic E-state index is 13.0. The molecule has 0 unspecified atom stereocenters. The van der Waals surface area contributed by atoms with Crippen LogP contribution in [0.3, 0.4) is 0 Å². The van der Waals surface area contributed by atoms with Gasteiger partial charge in [-0.15, -0.1) is 0 Å². The molecule has 0 saturated carbocycles. The van der Waals surface area contributed by atoms with Crippen LogP contribution >= 0.6 is 12.2 Å². The van der Waals surface area contributed by atoms with E-state index in [2.05, 4.69) is 81.1 Å². The van der Waals surface area contributed by atoms with E-state index in [4.69, 9.17) is 12.2 Å². The number of carbonyl (C=O) groups excluding carboxylic acids is 2. The average molecular weight is 609 g/mol. The summed E-state index contributed by atoms with van der Waals surface area (Å²) >= 11 is 4.38. The molecule has 1 fully saturated rings. The van der Waals surface area contributed by atoms with Gasteiger partial charge in [0.05, 0.1) is 0 Å². The van der Waals surface area contributed by atoms with Gasteiger partial charge in [0, 0.05) is 0 Å². The Bertz CT molecular complexity index is 1520. The number of benzene rings is 2. The van der Waals surface area contributed by atoms with Crippen LogP contribution in [0.4, 0.5) is 15.1 Å². The Morgan fingerprint density at radius 2 is 1.36 bits per heavy atom. The molecule has 2 aromatic carbocycles. The van der Waals surface area contributed by atoms with Crippen molar-refractivity contribution in [2.24, 2.45) is 0 Å². The second kappa shape index (κ2) is 7.64. The molecule has 3 aliphatic heterocycles. The van der Waals surface area contributed by atoms with Crippen LogP contribution in [-0.4, -0.2) is 61.3 Å². The monoisotopic (exact) mass is 611 g/mol. The Balaban J connectivity index is 1.59. The summed E-state index contributed by atoms with van der Waals surface area (Å²) in [6.45, 7) is 9.21. The summed E-state index contributed by atoms with van der Waals surface area (Å²) in [5.41, 5.74) is 7.65. The predicted molar refractivity (Wildman–Crippen MR) is 148 cm³/mol. The van der Waals surface area contributed by atoms with Crippen molar-refractivity contribution in [3.05, 3.63) is 79.9 Å². The van der Waals surface area contributed by atoms with E-state index in [9.17, 15) is 9.59 Å². The number of likely N-dealkylation sites (N-methyl/N-ethyl adjacent to an activating group) is 2. The third-order valence-electron chi connectivity index (χ3n) is 7.96. The van der Waals surface area contributed by atoms with Gasteiger partial charge in [0.2, 0.25) is 0 Å². The molecule has 3 aliphatic rings. The van der Waals surface area contributed by atoms with Gasteiger partial charge in [-0.25, -0.2) is 0 Å². The third-order valence-corrected chi connectivity index (χ3v) is 11.6. The molecule has 0 bridgehead atoms. The van der Waals surface area contributed by atoms with E-state index in [1.807, 2.05) is 6.08 Å². The number of anilines is 3. The van der Waals surface area contributed by atoms with Gasteiger partial charge in [-0.3, -0.25) is 0 Å². The molecule has 4 heterocycles. The van der Waals surface area contributed by atoms with Crippen molar-refractivity contribution in [2.45, 2.75) is 38.5 Å². The fraction of sp³-hybridized carbons (Fsp3) is 0.276. The van der Waals surface area contributed by atoms with Crippen molar-refractivity contribution in [1.82, 2.24) is 9.80 Å². The van der Waals surface area contributed by atoms with Crippen LogP contribution in [0.2, 0.25) is 0 Å². The number of hydrogen-bond donors (Lipinski definition) is 0. The average Bonchev–Trinajstić information content (AvgIpc) is 3.29. The van der Waals surface area contributed by atoms with Crippen molar-refractivity contribution < 1.29 is 9.59 Å². The van der Waals surface area contributed by atoms with Crippen molar-refractivity contribution in [1.29, 1.82) is 0 Å². The number of amides is 2. The molecule has 182 valence electrons. The SMILES string of the molecule is CN1C(=O)C(=Cc2cc3c([te]2)N2c4ccccc4C(C)(C)c4cccc(c42)C3(C)C)C(=O)N(C)C1=S. The first-order valence-electron chi connectivity index (χ1n) is 12.0. The molecule has 6 rings (SSSR count). The van der Waals surface area contributed by atoms with Gasteiger partial charge in [0.15, 0.2) is 0 Å². The van der Waals surface area contributed by atoms with Gasteiger partial charge in [-0.1, -0.05) is 0 Å². The molecule has 0 radical (unpaired) electrons. The molecule has 1 aromatic heterocycles. The molecular weight excluding hydrogens is 582 g/mol. The van der Waals surface area contributed by atoms with Crippen LogP contribution in [0.25, 0.3) is 6.08 Å². The van der Waals surface area contributed by atoms with E-state index in [-0.39, 0.29) is 33.3 Å². The Morgan fingerprint density at radius 1 is 0.806 bits per heavy atom. The van der Waals surface area contributed by atoms with Crippen LogP contribution in [0.5, 0.6) is 0 Å². The molecular formula is C29H27N3O2STe. The van der Waals surface area contributed by atoms with Gasteiger partial charge < -0.3 is 0 Å². The molecule has 1 saturated heterocycles. The van der Waals surface area contributed by atoms with Crippen molar-refractivity contribution in [3.63, 3.8) is 0 Å². The van der Waals surface area contributed by atoms with Crippen LogP contribution in [0.15, 0.2) is 54.1 Å². The van der Waals surface area contributed by atoms with Gasteiger partial charge in [-0.2, -0.15) is 0 Å². The molecule has 5 nitrogen and oxygen atoms in total. The number of fused-ring (bicyclic) bond motifs is 4. The first-order chi connectivity index (χ1) is 17.0. The molecule has 0 aliphatic carbocycles. The van der Waals surface area contributed by atoms with Gasteiger partial charge >= 0.3 is 228 Å². The zero-order valence-corrected chi connectivity index (χ0v) is 24.3. The summed E-state index contributed by atoms with van der Waals surface area (Å²) in [5, 5.41) is 0.230. The van der Waals surface area contributed by atoms with Crippen LogP contribution in [0.1, 0.15) is 53.5 Å². The number of nitrogens with zero attached hydrogens (tertiary/aromatic N) is 3. The molecule has 36 heavy (non-hydrogen) atoms. The van der Waals surface area contributed by atoms with Gasteiger partial charge in [-0.05, 0) is 0 Å². The predicted octanol–water partition coefficient (Wildman–Crippen LogP) is 5.09. The Kier molecular flexibility index (Phi) is 5.02. The maximum atomic E-state index is 13.0. The van der Waals surface area contributed by atoms with E-state index < -0.39 is 20.4 Å². The summed E-state index contributed by atoms with van der Waals surface area (Å²) in [6, 6.07) is 17.6.